The molecule has 0 spiro atoms. The highest BCUT2D eigenvalue weighted by molar-refractivity contribution is 7.93. The first-order chi connectivity index (χ1) is 29.6. The number of unbranched alkanes of at least 4 members (excludes halogenated alkanes) is 1. The Kier molecular flexibility index (Phi) is 18.3. The topological polar surface area (TPSA) is 193 Å². The van der Waals surface area contributed by atoms with Gasteiger partial charge in [-0.25, -0.2) is 14.0 Å². The summed E-state index contributed by atoms with van der Waals surface area (Å²) in [5.41, 5.74) is 2.37. The van der Waals surface area contributed by atoms with Crippen molar-refractivity contribution in [2.45, 2.75) is 160 Å². The number of alkyl halides is 1. The number of Topliss-reactive ketones (excluding diaryl/α,β-unsaturated/α-hetero) is 1. The zero-order valence-corrected chi connectivity index (χ0v) is 39.8. The number of nitrogens with two attached hydrogens (primary N) is 1. The van der Waals surface area contributed by atoms with Crippen molar-refractivity contribution < 1.29 is 51.5 Å². The molecule has 0 radical (unpaired) electrons. The van der Waals surface area contributed by atoms with Crippen LogP contribution < -0.4 is 11.1 Å². The Bertz CT molecular complexity index is 1830. The Balaban J connectivity index is 0.00000282. The smallest absolute Gasteiger partial charge is 0.410 e. The van der Waals surface area contributed by atoms with Crippen molar-refractivity contribution in [3.05, 3.63) is 30.5 Å². The molecule has 0 bridgehead atoms. The molecule has 19 heteroatoms. The Morgan fingerprint density at radius 1 is 1.11 bits per heavy atom. The van der Waals surface area contributed by atoms with E-state index in [4.69, 9.17) is 29.4 Å². The fourth-order valence-electron chi connectivity index (χ4n) is 9.46. The lowest BCUT2D eigenvalue weighted by Gasteiger charge is -2.47. The van der Waals surface area contributed by atoms with Crippen LogP contribution in [0.1, 0.15) is 87.5 Å². The van der Waals surface area contributed by atoms with Gasteiger partial charge in [0.15, 0.2) is 17.7 Å². The average molecular weight is 912 g/mol. The van der Waals surface area contributed by atoms with Crippen molar-refractivity contribution in [2.75, 3.05) is 46.3 Å². The molecule has 5 rings (SSSR count). The van der Waals surface area contributed by atoms with Crippen molar-refractivity contribution in [1.29, 1.82) is 0 Å². The van der Waals surface area contributed by atoms with Gasteiger partial charge in [0.05, 0.1) is 30.0 Å². The molecule has 16 nitrogen and oxygen atoms in total. The summed E-state index contributed by atoms with van der Waals surface area (Å²) in [5, 5.41) is 23.6. The minimum Gasteiger partial charge on any atom is -0.455 e. The summed E-state index contributed by atoms with van der Waals surface area (Å²) >= 11 is 0.250. The van der Waals surface area contributed by atoms with Gasteiger partial charge in [0.1, 0.15) is 17.9 Å². The van der Waals surface area contributed by atoms with Crippen LogP contribution in [0, 0.1) is 11.8 Å². The number of nitrogens with zero attached hydrogens (tertiary/aromatic N) is 5. The summed E-state index contributed by atoms with van der Waals surface area (Å²) in [7, 11) is 5.20. The van der Waals surface area contributed by atoms with Crippen molar-refractivity contribution in [1.82, 2.24) is 30.1 Å². The third-order valence-electron chi connectivity index (χ3n) is 12.8. The van der Waals surface area contributed by atoms with E-state index in [1.54, 1.807) is 36.4 Å². The fraction of sp³-hybridized carbons (Fsp3) is 0.750. The largest absolute Gasteiger partial charge is 0.455 e. The highest BCUT2D eigenvalue weighted by atomic mass is 32.2. The number of ketones is 1. The van der Waals surface area contributed by atoms with Gasteiger partial charge in [0.2, 0.25) is 0 Å². The second-order valence-electron chi connectivity index (χ2n) is 18.2. The Hall–Kier alpha value is -3.46. The van der Waals surface area contributed by atoms with E-state index < -0.39 is 77.3 Å². The summed E-state index contributed by atoms with van der Waals surface area (Å²) in [4.78, 5) is 45.6. The van der Waals surface area contributed by atoms with E-state index in [1.165, 1.54) is 20.3 Å². The molecule has 1 aromatic heterocycles. The number of anilines is 1. The summed E-state index contributed by atoms with van der Waals surface area (Å²) in [6, 6.07) is 6.06. The molecule has 3 unspecified atom stereocenters. The standard InChI is InChI=1S/C43H68FN7O9.CH3FS/c1-12-33-43(8)35(51(40(55)60-43)19-14-13-18-50-24-31(47-48-50)29-16-15-17-30(45)21-29)28(5)46-23-25(2)22-41(6,56-11)37(27(4)36(53)42(7,44)39(54)58-33)59-38-34(52)32(49(9)10)20-26(3)57-38;1-3-2/h15-17,21,24-28,32-35,37-38,46,52H,12-14,18-20,22-23,45H2,1-11H3;1H3/t25-,26?,27+,28-,32?,33-,34?,35-,37-,38+,41-,42+,43-;/m1./s1. The molecule has 1 amide bonds. The van der Waals surface area contributed by atoms with E-state index in [2.05, 4.69) is 15.6 Å². The van der Waals surface area contributed by atoms with Gasteiger partial charge in [-0.15, -0.1) is 5.10 Å². The minimum atomic E-state index is -3.13. The number of cyclic esters (lactones) is 1. The third-order valence-corrected chi connectivity index (χ3v) is 12.8. The number of ether oxygens (including phenoxy) is 5. The molecule has 3 saturated heterocycles. The van der Waals surface area contributed by atoms with E-state index in [0.29, 0.717) is 56.7 Å². The molecule has 0 aliphatic carbocycles. The second-order valence-corrected chi connectivity index (χ2v) is 18.5. The maximum absolute atomic E-state index is 17.0. The van der Waals surface area contributed by atoms with Gasteiger partial charge < -0.3 is 44.7 Å². The number of carbonyl (C=O) groups is 3. The number of fused-ring (bicyclic) bond motifs is 1. The Morgan fingerprint density at radius 2 is 1.78 bits per heavy atom. The number of halogens is 2. The monoisotopic (exact) mass is 912 g/mol. The Labute approximate surface area is 375 Å². The first-order valence-electron chi connectivity index (χ1n) is 21.9. The molecule has 2 aromatic rings. The van der Waals surface area contributed by atoms with Gasteiger partial charge in [0.25, 0.3) is 5.67 Å². The lowest BCUT2D eigenvalue weighted by atomic mass is 9.78. The van der Waals surface area contributed by atoms with Crippen LogP contribution in [0.5, 0.6) is 0 Å². The van der Waals surface area contributed by atoms with Crippen molar-refractivity contribution in [3.63, 3.8) is 0 Å². The number of benzene rings is 1. The van der Waals surface area contributed by atoms with Gasteiger partial charge in [-0.2, -0.15) is 3.89 Å². The predicted molar refractivity (Wildman–Crippen MR) is 237 cm³/mol. The van der Waals surface area contributed by atoms with Crippen LogP contribution in [0.25, 0.3) is 11.3 Å². The molecule has 3 aliphatic heterocycles. The number of amides is 1. The third kappa shape index (κ3) is 12.1. The number of aliphatic hydroxyl groups is 1. The number of nitrogens with one attached hydrogen (secondary N) is 1. The zero-order chi connectivity index (χ0) is 47.0. The molecule has 4 N–H and O–H groups in total. The van der Waals surface area contributed by atoms with Gasteiger partial charge >= 0.3 is 12.1 Å². The molecule has 3 aliphatic rings. The molecular formula is C44H71F2N7O9S. The zero-order valence-electron chi connectivity index (χ0n) is 39.0. The van der Waals surface area contributed by atoms with Crippen LogP contribution in [0.2, 0.25) is 0 Å². The number of nitrogen functional groups attached to an aromatic ring is 1. The number of aromatic nitrogens is 3. The second kappa shape index (κ2) is 22.2. The Morgan fingerprint density at radius 3 is 2.40 bits per heavy atom. The van der Waals surface area contributed by atoms with E-state index in [0.717, 1.165) is 12.5 Å². The molecule has 3 fully saturated rings. The van der Waals surface area contributed by atoms with Crippen LogP contribution in [-0.2, 0) is 39.8 Å². The maximum atomic E-state index is 17.0. The number of carbonyl (C=O) groups excluding carboxylic acids is 3. The van der Waals surface area contributed by atoms with Gasteiger partial charge in [-0.05, 0) is 105 Å². The number of methoxy groups -OCH3 is 1. The average Bonchev–Trinajstić information content (AvgIpc) is 3.81. The minimum absolute atomic E-state index is 0.115. The SMILES string of the molecule is CC[C@H]1OC(=O)[C@@](C)(F)C(=O)[C@H](C)[C@@H](O[C@@H]2OC(C)CC(N(C)C)C2O)[C@](C)(OC)C[C@@H](C)CN[C@H](C)[C@H]2N(CCCCn3cc(-c4cccc(N)c4)nn3)C(=O)O[C@]12C.CSF. The number of hydrogen-bond acceptors (Lipinski definition) is 15. The van der Waals surface area contributed by atoms with Crippen molar-refractivity contribution >= 4 is 35.7 Å². The highest BCUT2D eigenvalue weighted by Gasteiger charge is 2.60. The van der Waals surface area contributed by atoms with Gasteiger partial charge in [0, 0.05) is 67.9 Å². The first-order valence-corrected chi connectivity index (χ1v) is 23.0. The van der Waals surface area contributed by atoms with E-state index in [1.807, 2.05) is 64.2 Å². The number of rotatable bonds is 11. The van der Waals surface area contributed by atoms with Gasteiger partial charge in [-0.3, -0.25) is 14.4 Å². The summed E-state index contributed by atoms with van der Waals surface area (Å²) in [6.45, 7) is 14.8. The van der Waals surface area contributed by atoms with Crippen LogP contribution in [0.4, 0.5) is 18.8 Å². The number of aryl methyl sites for hydroxylation is 1. The fourth-order valence-corrected chi connectivity index (χ4v) is 9.46. The molecular weight excluding hydrogens is 841 g/mol. The van der Waals surface area contributed by atoms with E-state index >= 15 is 4.39 Å². The molecule has 356 valence electrons. The molecule has 1 aromatic carbocycles. The number of likely N-dealkylation sites (N-methyl/N-ethyl adjacent to an activating group) is 1. The van der Waals surface area contributed by atoms with Crippen LogP contribution in [0.15, 0.2) is 30.5 Å². The molecule has 4 heterocycles. The molecule has 13 atom stereocenters. The highest BCUT2D eigenvalue weighted by Crippen LogP contribution is 2.41. The maximum Gasteiger partial charge on any atom is 0.410 e. The summed E-state index contributed by atoms with van der Waals surface area (Å²) in [6.07, 6.45) is 0.113. The van der Waals surface area contributed by atoms with Crippen LogP contribution in [-0.4, -0.2) is 154 Å². The normalized spacial score (nSPS) is 35.8. The van der Waals surface area contributed by atoms with Crippen LogP contribution in [0.3, 0.4) is 0 Å². The molecule has 63 heavy (non-hydrogen) atoms. The van der Waals surface area contributed by atoms with E-state index in [9.17, 15) is 23.4 Å². The predicted octanol–water partition coefficient (Wildman–Crippen LogP) is 5.61. The van der Waals surface area contributed by atoms with E-state index in [-0.39, 0.29) is 36.6 Å². The number of hydrogen-bond donors (Lipinski definition) is 3. The number of esters is 1. The molecule has 0 saturated carbocycles. The lowest BCUT2D eigenvalue weighted by molar-refractivity contribution is -0.295. The quantitative estimate of drug-likeness (QED) is 0.109. The summed E-state index contributed by atoms with van der Waals surface area (Å²) in [5.74, 6) is -3.86. The summed E-state index contributed by atoms with van der Waals surface area (Å²) < 4.78 is 59.8. The lowest BCUT2D eigenvalue weighted by Crippen LogP contribution is -2.61. The van der Waals surface area contributed by atoms with Crippen LogP contribution >= 0.6 is 12.1 Å². The van der Waals surface area contributed by atoms with Crippen molar-refractivity contribution in [2.24, 2.45) is 11.8 Å². The van der Waals surface area contributed by atoms with Gasteiger partial charge in [-0.1, -0.05) is 38.1 Å². The first kappa shape index (κ1) is 52.2. The van der Waals surface area contributed by atoms with Crippen molar-refractivity contribution in [3.8, 4) is 11.3 Å². The number of aliphatic hydroxyl groups excluding tert-OH is 1.